The molecule has 10 heteroatoms. The van der Waals surface area contributed by atoms with E-state index >= 15 is 0 Å². The van der Waals surface area contributed by atoms with Gasteiger partial charge in [0, 0.05) is 29.8 Å². The van der Waals surface area contributed by atoms with Gasteiger partial charge in [-0.3, -0.25) is 9.69 Å². The first-order valence-electron chi connectivity index (χ1n) is 11.9. The molecule has 3 heterocycles. The molecular weight excluding hydrogens is 492 g/mol. The number of benzene rings is 2. The standard InChI is InChI=1S/C27H27ClN6O3/c1-18-9-10-24-20(14-18)15-22(27(35)29-24)25(26-30-31-32-34(26)11-13-36-2)33(17-21-7-5-12-37-21)16-19-6-3-4-8-23(19)28/h3-10,12,14-15,25H,11,13,16-17H2,1-2H3,(H,29,35)/t25-/m0/s1. The number of nitrogens with one attached hydrogen (secondary N) is 1. The molecule has 5 rings (SSSR count). The predicted octanol–water partition coefficient (Wildman–Crippen LogP) is 4.51. The fraction of sp³-hybridized carbons (Fsp3) is 0.259. The number of aromatic nitrogens is 5. The van der Waals surface area contributed by atoms with Crippen molar-refractivity contribution < 1.29 is 9.15 Å². The van der Waals surface area contributed by atoms with Crippen LogP contribution in [0.1, 0.15) is 34.3 Å². The molecule has 0 amide bonds. The van der Waals surface area contributed by atoms with Crippen molar-refractivity contribution in [2.24, 2.45) is 0 Å². The van der Waals surface area contributed by atoms with Crippen LogP contribution in [-0.4, -0.2) is 43.8 Å². The monoisotopic (exact) mass is 518 g/mol. The van der Waals surface area contributed by atoms with Gasteiger partial charge in [-0.15, -0.1) is 5.10 Å². The van der Waals surface area contributed by atoms with Gasteiger partial charge in [0.25, 0.3) is 5.56 Å². The zero-order valence-electron chi connectivity index (χ0n) is 20.6. The lowest BCUT2D eigenvalue weighted by Gasteiger charge is -2.30. The third-order valence-electron chi connectivity index (χ3n) is 6.27. The fourth-order valence-electron chi connectivity index (χ4n) is 4.48. The Morgan fingerprint density at radius 1 is 1.14 bits per heavy atom. The van der Waals surface area contributed by atoms with E-state index in [2.05, 4.69) is 25.4 Å². The van der Waals surface area contributed by atoms with Gasteiger partial charge >= 0.3 is 0 Å². The number of tetrazole rings is 1. The molecule has 0 radical (unpaired) electrons. The van der Waals surface area contributed by atoms with Crippen molar-refractivity contribution in [1.82, 2.24) is 30.1 Å². The Balaban J connectivity index is 1.70. The number of pyridine rings is 1. The summed E-state index contributed by atoms with van der Waals surface area (Å²) in [6, 6.07) is 18.6. The molecule has 0 aliphatic heterocycles. The number of halogens is 1. The van der Waals surface area contributed by atoms with Crippen LogP contribution in [-0.2, 0) is 24.4 Å². The summed E-state index contributed by atoms with van der Waals surface area (Å²) in [5.41, 5.74) is 3.07. The molecule has 0 saturated carbocycles. The van der Waals surface area contributed by atoms with Gasteiger partial charge in [0.2, 0.25) is 0 Å². The number of methoxy groups -OCH3 is 1. The number of rotatable bonds is 10. The maximum absolute atomic E-state index is 13.6. The summed E-state index contributed by atoms with van der Waals surface area (Å²) in [7, 11) is 1.62. The highest BCUT2D eigenvalue weighted by Gasteiger charge is 2.31. The van der Waals surface area contributed by atoms with Gasteiger partial charge < -0.3 is 14.1 Å². The first-order valence-corrected chi connectivity index (χ1v) is 12.3. The Morgan fingerprint density at radius 2 is 2.00 bits per heavy atom. The Bertz CT molecular complexity index is 1550. The van der Waals surface area contributed by atoms with E-state index in [1.54, 1.807) is 18.1 Å². The molecule has 0 aliphatic rings. The Morgan fingerprint density at radius 3 is 2.78 bits per heavy atom. The van der Waals surface area contributed by atoms with Crippen molar-refractivity contribution in [3.63, 3.8) is 0 Å². The average molecular weight is 519 g/mol. The molecular formula is C27H27ClN6O3. The number of nitrogens with zero attached hydrogens (tertiary/aromatic N) is 5. The third kappa shape index (κ3) is 5.48. The lowest BCUT2D eigenvalue weighted by atomic mass is 10.0. The van der Waals surface area contributed by atoms with E-state index in [9.17, 15) is 4.79 Å². The molecule has 0 bridgehead atoms. The molecule has 0 spiro atoms. The van der Waals surface area contributed by atoms with Crippen molar-refractivity contribution in [2.75, 3.05) is 13.7 Å². The second-order valence-corrected chi connectivity index (χ2v) is 9.28. The molecule has 2 aromatic carbocycles. The molecule has 37 heavy (non-hydrogen) atoms. The van der Waals surface area contributed by atoms with Crippen molar-refractivity contribution >= 4 is 22.5 Å². The van der Waals surface area contributed by atoms with Crippen LogP contribution in [0.3, 0.4) is 0 Å². The van der Waals surface area contributed by atoms with Gasteiger partial charge in [-0.1, -0.05) is 41.4 Å². The Labute approximate surface area is 218 Å². The van der Waals surface area contributed by atoms with Gasteiger partial charge in [-0.2, -0.15) is 0 Å². The van der Waals surface area contributed by atoms with Crippen LogP contribution in [0.25, 0.3) is 10.9 Å². The molecule has 190 valence electrons. The maximum atomic E-state index is 13.6. The summed E-state index contributed by atoms with van der Waals surface area (Å²) in [5, 5.41) is 14.1. The summed E-state index contributed by atoms with van der Waals surface area (Å²) in [5.74, 6) is 1.26. The van der Waals surface area contributed by atoms with E-state index in [-0.39, 0.29) is 5.56 Å². The Kier molecular flexibility index (Phi) is 7.45. The lowest BCUT2D eigenvalue weighted by molar-refractivity contribution is 0.163. The van der Waals surface area contributed by atoms with E-state index in [0.29, 0.717) is 42.7 Å². The van der Waals surface area contributed by atoms with Gasteiger partial charge in [-0.25, -0.2) is 4.68 Å². The van der Waals surface area contributed by atoms with Crippen LogP contribution in [0.5, 0.6) is 0 Å². The molecule has 3 aromatic heterocycles. The van der Waals surface area contributed by atoms with Crippen LogP contribution in [0.15, 0.2) is 76.1 Å². The molecule has 0 aliphatic carbocycles. The van der Waals surface area contributed by atoms with Crippen LogP contribution in [0.4, 0.5) is 0 Å². The lowest BCUT2D eigenvalue weighted by Crippen LogP contribution is -2.35. The fourth-order valence-corrected chi connectivity index (χ4v) is 4.67. The maximum Gasteiger partial charge on any atom is 0.253 e. The first kappa shape index (κ1) is 24.9. The van der Waals surface area contributed by atoms with Crippen LogP contribution in [0, 0.1) is 6.92 Å². The summed E-state index contributed by atoms with van der Waals surface area (Å²) in [4.78, 5) is 18.7. The third-order valence-corrected chi connectivity index (χ3v) is 6.64. The first-order chi connectivity index (χ1) is 18.0. The normalized spacial score (nSPS) is 12.4. The molecule has 0 unspecified atom stereocenters. The van der Waals surface area contributed by atoms with Crippen LogP contribution < -0.4 is 5.56 Å². The zero-order valence-corrected chi connectivity index (χ0v) is 21.4. The number of hydrogen-bond acceptors (Lipinski definition) is 7. The van der Waals surface area contributed by atoms with E-state index in [0.717, 1.165) is 27.8 Å². The number of aromatic amines is 1. The smallest absolute Gasteiger partial charge is 0.253 e. The minimum atomic E-state index is -0.609. The van der Waals surface area contributed by atoms with Gasteiger partial charge in [0.1, 0.15) is 11.8 Å². The highest BCUT2D eigenvalue weighted by molar-refractivity contribution is 6.31. The van der Waals surface area contributed by atoms with Crippen molar-refractivity contribution in [3.8, 4) is 0 Å². The van der Waals surface area contributed by atoms with Crippen molar-refractivity contribution in [2.45, 2.75) is 32.6 Å². The number of H-pyrrole nitrogens is 1. The number of aryl methyl sites for hydroxylation is 1. The van der Waals surface area contributed by atoms with E-state index in [4.69, 9.17) is 20.8 Å². The van der Waals surface area contributed by atoms with E-state index in [1.807, 2.05) is 67.6 Å². The van der Waals surface area contributed by atoms with Crippen molar-refractivity contribution in [3.05, 3.63) is 111 Å². The van der Waals surface area contributed by atoms with Crippen LogP contribution in [0.2, 0.25) is 5.02 Å². The highest BCUT2D eigenvalue weighted by Crippen LogP contribution is 2.31. The number of furan rings is 1. The average Bonchev–Trinajstić information content (AvgIpc) is 3.57. The topological polar surface area (TPSA) is 102 Å². The SMILES string of the molecule is COCCn1nnnc1[C@H](c1cc2cc(C)ccc2[nH]c1=O)N(Cc1ccco1)Cc1ccccc1Cl. The molecule has 5 aromatic rings. The molecule has 1 atom stereocenters. The second kappa shape index (κ2) is 11.1. The minimum absolute atomic E-state index is 0.216. The zero-order chi connectivity index (χ0) is 25.8. The summed E-state index contributed by atoms with van der Waals surface area (Å²) >= 11 is 6.57. The van der Waals surface area contributed by atoms with E-state index < -0.39 is 6.04 Å². The van der Waals surface area contributed by atoms with Gasteiger partial charge in [-0.05, 0) is 64.7 Å². The van der Waals surface area contributed by atoms with E-state index in [1.165, 1.54) is 0 Å². The number of fused-ring (bicyclic) bond motifs is 1. The molecule has 0 fully saturated rings. The second-order valence-electron chi connectivity index (χ2n) is 8.88. The van der Waals surface area contributed by atoms with Gasteiger partial charge in [0.15, 0.2) is 5.82 Å². The molecule has 0 saturated heterocycles. The summed E-state index contributed by atoms with van der Waals surface area (Å²) in [6.07, 6.45) is 1.63. The minimum Gasteiger partial charge on any atom is -0.468 e. The van der Waals surface area contributed by atoms with Crippen LogP contribution >= 0.6 is 11.6 Å². The molecule has 9 nitrogen and oxygen atoms in total. The number of ether oxygens (including phenoxy) is 1. The largest absolute Gasteiger partial charge is 0.468 e. The summed E-state index contributed by atoms with van der Waals surface area (Å²) < 4.78 is 12.7. The van der Waals surface area contributed by atoms with Crippen molar-refractivity contribution in [1.29, 1.82) is 0 Å². The predicted molar refractivity (Wildman–Crippen MR) is 140 cm³/mol. The highest BCUT2D eigenvalue weighted by atomic mass is 35.5. The number of hydrogen-bond donors (Lipinski definition) is 1. The molecule has 1 N–H and O–H groups in total. The summed E-state index contributed by atoms with van der Waals surface area (Å²) in [6.45, 7) is 3.69. The Hall–Kier alpha value is -3.79. The quantitative estimate of drug-likeness (QED) is 0.290. The van der Waals surface area contributed by atoms with Gasteiger partial charge in [0.05, 0.1) is 26.0 Å².